The fourth-order valence-corrected chi connectivity index (χ4v) is 0.739. The summed E-state index contributed by atoms with van der Waals surface area (Å²) in [6.45, 7) is 0.482. The van der Waals surface area contributed by atoms with Crippen LogP contribution in [0.3, 0.4) is 0 Å². The summed E-state index contributed by atoms with van der Waals surface area (Å²) in [4.78, 5) is 10.6. The summed E-state index contributed by atoms with van der Waals surface area (Å²) in [6.07, 6.45) is 2.27. The number of carbonyl (C=O) groups is 1. The molecule has 0 amide bonds. The molecule has 4 heteroatoms. The van der Waals surface area contributed by atoms with E-state index in [4.69, 9.17) is 5.11 Å². The third-order valence-electron chi connectivity index (χ3n) is 1.24. The van der Waals surface area contributed by atoms with Crippen molar-refractivity contribution < 1.29 is 14.6 Å². The predicted octanol–water partition coefficient (Wildman–Crippen LogP) is 0.385. The molecule has 0 unspecified atom stereocenters. The second-order valence-corrected chi connectivity index (χ2v) is 1.89. The molecule has 1 radical (unpaired) electrons. The minimum absolute atomic E-state index is 0. The van der Waals surface area contributed by atoms with Crippen molar-refractivity contribution in [2.75, 3.05) is 6.61 Å². The molecule has 1 N–H and O–H groups in total. The van der Waals surface area contributed by atoms with Crippen LogP contribution in [0.15, 0.2) is 11.8 Å². The van der Waals surface area contributed by atoms with Gasteiger partial charge in [0.05, 0.1) is 18.4 Å². The summed E-state index contributed by atoms with van der Waals surface area (Å²) in [6, 6.07) is 0. The fourth-order valence-electron chi connectivity index (χ4n) is 0.739. The van der Waals surface area contributed by atoms with Gasteiger partial charge in [0.25, 0.3) is 0 Å². The van der Waals surface area contributed by atoms with Gasteiger partial charge in [-0.3, -0.25) is 0 Å². The van der Waals surface area contributed by atoms with Crippen LogP contribution in [0.1, 0.15) is 12.8 Å². The van der Waals surface area contributed by atoms with Crippen LogP contribution in [0.5, 0.6) is 0 Å². The summed E-state index contributed by atoms with van der Waals surface area (Å²) in [5, 5.41) is 8.40. The molecule has 0 aliphatic carbocycles. The number of hydrogen-bond donors (Lipinski definition) is 1. The summed E-state index contributed by atoms with van der Waals surface area (Å²) in [7, 11) is 0. The molecule has 51 valence electrons. The summed E-state index contributed by atoms with van der Waals surface area (Å²) < 4.78 is 4.61. The second-order valence-electron chi connectivity index (χ2n) is 1.89. The van der Waals surface area contributed by atoms with Crippen LogP contribution in [-0.4, -0.2) is 47.2 Å². The van der Waals surface area contributed by atoms with Crippen LogP contribution in [0.25, 0.3) is 0 Å². The van der Waals surface area contributed by atoms with Crippen molar-refractivity contribution in [1.82, 2.24) is 0 Å². The number of esters is 1. The van der Waals surface area contributed by atoms with Crippen molar-refractivity contribution in [2.24, 2.45) is 0 Å². The molecule has 1 rings (SSSR count). The molecule has 1 heterocycles. The number of hydrogen-bond acceptors (Lipinski definition) is 3. The molecule has 1 saturated heterocycles. The van der Waals surface area contributed by atoms with Gasteiger partial charge < -0.3 is 9.84 Å². The molecular formula is C6H8NaO3. The van der Waals surface area contributed by atoms with Gasteiger partial charge in [-0.25, -0.2) is 4.79 Å². The van der Waals surface area contributed by atoms with Crippen LogP contribution < -0.4 is 0 Å². The first-order chi connectivity index (χ1) is 4.34. The minimum Gasteiger partial charge on any atom is -0.515 e. The summed E-state index contributed by atoms with van der Waals surface area (Å²) in [5.41, 5.74) is 0.376. The third kappa shape index (κ3) is 2.33. The van der Waals surface area contributed by atoms with Crippen molar-refractivity contribution in [1.29, 1.82) is 0 Å². The molecule has 0 atom stereocenters. The maximum atomic E-state index is 10.6. The maximum absolute atomic E-state index is 10.6. The predicted molar refractivity (Wildman–Crippen MR) is 36.7 cm³/mol. The molecule has 1 aliphatic heterocycles. The van der Waals surface area contributed by atoms with Gasteiger partial charge in [0.2, 0.25) is 0 Å². The van der Waals surface area contributed by atoms with Gasteiger partial charge >= 0.3 is 5.97 Å². The van der Waals surface area contributed by atoms with Gasteiger partial charge in [-0.1, -0.05) is 0 Å². The summed E-state index contributed by atoms with van der Waals surface area (Å²) in [5.74, 6) is -0.385. The Morgan fingerprint density at radius 2 is 2.30 bits per heavy atom. The Bertz CT molecular complexity index is 153. The molecular weight excluding hydrogens is 143 g/mol. The first-order valence-electron chi connectivity index (χ1n) is 2.85. The van der Waals surface area contributed by atoms with Crippen molar-refractivity contribution >= 4 is 35.5 Å². The Labute approximate surface area is 81.4 Å². The fraction of sp³-hybridized carbons (Fsp3) is 0.500. The molecule has 0 aromatic rings. The van der Waals surface area contributed by atoms with Gasteiger partial charge in [0.1, 0.15) is 0 Å². The Hall–Kier alpha value is 0.0100. The molecule has 0 bridgehead atoms. The molecule has 3 nitrogen and oxygen atoms in total. The average Bonchev–Trinajstić information content (AvgIpc) is 1.89. The zero-order chi connectivity index (χ0) is 6.69. The van der Waals surface area contributed by atoms with E-state index in [1.165, 1.54) is 0 Å². The molecule has 0 saturated carbocycles. The maximum Gasteiger partial charge on any atom is 0.337 e. The Morgan fingerprint density at radius 1 is 1.60 bits per heavy atom. The van der Waals surface area contributed by atoms with Crippen LogP contribution in [0.2, 0.25) is 0 Å². The number of aliphatic hydroxyl groups excluding tert-OH is 1. The largest absolute Gasteiger partial charge is 0.515 e. The third-order valence-corrected chi connectivity index (χ3v) is 1.24. The average molecular weight is 151 g/mol. The molecule has 0 aromatic heterocycles. The van der Waals surface area contributed by atoms with Crippen molar-refractivity contribution in [3.8, 4) is 0 Å². The van der Waals surface area contributed by atoms with Gasteiger partial charge in [0, 0.05) is 29.6 Å². The van der Waals surface area contributed by atoms with Crippen LogP contribution in [0.4, 0.5) is 0 Å². The molecule has 0 aromatic carbocycles. The zero-order valence-electron chi connectivity index (χ0n) is 5.96. The Kier molecular flexibility index (Phi) is 4.77. The Balaban J connectivity index is 0.000000810. The SMILES string of the molecule is O=C1OCCCC1=CO.[Na]. The number of rotatable bonds is 0. The Morgan fingerprint density at radius 3 is 2.70 bits per heavy atom. The smallest absolute Gasteiger partial charge is 0.337 e. The number of aliphatic hydroxyl groups is 1. The molecule has 10 heavy (non-hydrogen) atoms. The minimum atomic E-state index is -0.385. The molecule has 1 aliphatic rings. The van der Waals surface area contributed by atoms with E-state index in [1.54, 1.807) is 0 Å². The van der Waals surface area contributed by atoms with E-state index < -0.39 is 0 Å². The monoisotopic (exact) mass is 151 g/mol. The van der Waals surface area contributed by atoms with Crippen molar-refractivity contribution in [3.05, 3.63) is 11.8 Å². The van der Waals surface area contributed by atoms with Crippen molar-refractivity contribution in [2.45, 2.75) is 12.8 Å². The first-order valence-corrected chi connectivity index (χ1v) is 2.85. The normalized spacial score (nSPS) is 21.6. The van der Waals surface area contributed by atoms with E-state index in [0.717, 1.165) is 12.7 Å². The van der Waals surface area contributed by atoms with E-state index in [0.29, 0.717) is 18.6 Å². The van der Waals surface area contributed by atoms with Crippen LogP contribution in [0, 0.1) is 0 Å². The second kappa shape index (κ2) is 4.77. The topological polar surface area (TPSA) is 46.5 Å². The molecule has 1 fully saturated rings. The number of ether oxygens (including phenoxy) is 1. The first kappa shape index (κ1) is 10.0. The van der Waals surface area contributed by atoms with E-state index in [2.05, 4.69) is 4.74 Å². The van der Waals surface area contributed by atoms with Crippen LogP contribution >= 0.6 is 0 Å². The summed E-state index contributed by atoms with van der Waals surface area (Å²) >= 11 is 0. The van der Waals surface area contributed by atoms with Crippen LogP contribution in [-0.2, 0) is 9.53 Å². The molecule has 0 spiro atoms. The van der Waals surface area contributed by atoms with E-state index in [9.17, 15) is 4.79 Å². The zero-order valence-corrected chi connectivity index (χ0v) is 7.96. The quantitative estimate of drug-likeness (QED) is 0.236. The van der Waals surface area contributed by atoms with Gasteiger partial charge in [0.15, 0.2) is 0 Å². The van der Waals surface area contributed by atoms with Gasteiger partial charge in [-0.2, -0.15) is 0 Å². The van der Waals surface area contributed by atoms with E-state index in [-0.39, 0.29) is 35.5 Å². The standard InChI is InChI=1S/C6H8O3.Na/c7-4-5-2-1-3-9-6(5)8;/h4,7H,1-3H2;. The van der Waals surface area contributed by atoms with Gasteiger partial charge in [-0.15, -0.1) is 0 Å². The van der Waals surface area contributed by atoms with Gasteiger partial charge in [-0.05, 0) is 12.8 Å². The van der Waals surface area contributed by atoms with Crippen molar-refractivity contribution in [3.63, 3.8) is 0 Å². The number of carbonyl (C=O) groups excluding carboxylic acids is 1. The van der Waals surface area contributed by atoms with E-state index >= 15 is 0 Å². The van der Waals surface area contributed by atoms with E-state index in [1.807, 2.05) is 0 Å². The number of cyclic esters (lactones) is 1.